The lowest BCUT2D eigenvalue weighted by Crippen LogP contribution is -2.45. The molecule has 4 rings (SSSR count). The maximum atomic E-state index is 14.9. The summed E-state index contributed by atoms with van der Waals surface area (Å²) in [4.78, 5) is 40.7. The molecule has 0 aromatic carbocycles. The van der Waals surface area contributed by atoms with E-state index >= 15 is 0 Å². The van der Waals surface area contributed by atoms with Gasteiger partial charge in [-0.15, -0.1) is 0 Å². The van der Waals surface area contributed by atoms with Crippen molar-refractivity contribution in [3.63, 3.8) is 0 Å². The summed E-state index contributed by atoms with van der Waals surface area (Å²) in [5.41, 5.74) is 1.62. The molecule has 13 heteroatoms. The number of carbonyl (C=O) groups excluding carboxylic acids is 3. The molecular formula is C29H34FN7O5. The van der Waals surface area contributed by atoms with E-state index in [1.54, 1.807) is 16.6 Å². The fourth-order valence-electron chi connectivity index (χ4n) is 4.94. The van der Waals surface area contributed by atoms with Gasteiger partial charge in [-0.25, -0.2) is 13.7 Å². The van der Waals surface area contributed by atoms with Gasteiger partial charge in [0.25, 0.3) is 5.91 Å². The first-order valence-corrected chi connectivity index (χ1v) is 13.6. The van der Waals surface area contributed by atoms with Gasteiger partial charge < -0.3 is 25.4 Å². The summed E-state index contributed by atoms with van der Waals surface area (Å²) in [7, 11) is 1.32. The Bertz CT molecular complexity index is 1510. The molecule has 0 saturated heterocycles. The van der Waals surface area contributed by atoms with E-state index in [0.717, 1.165) is 25.7 Å². The number of carbonyl (C=O) groups is 3. The number of halogens is 1. The Kier molecular flexibility index (Phi) is 9.25. The number of ether oxygens (including phenoxy) is 2. The Balaban J connectivity index is 1.58. The first kappa shape index (κ1) is 30.2. The Morgan fingerprint density at radius 2 is 1.88 bits per heavy atom. The highest BCUT2D eigenvalue weighted by Gasteiger charge is 2.33. The van der Waals surface area contributed by atoms with Crippen LogP contribution in [-0.4, -0.2) is 70.1 Å². The molecule has 1 atom stereocenters. The summed E-state index contributed by atoms with van der Waals surface area (Å²) in [6.45, 7) is 3.70. The second-order valence-electron chi connectivity index (χ2n) is 10.7. The van der Waals surface area contributed by atoms with Gasteiger partial charge in [-0.05, 0) is 63.8 Å². The highest BCUT2D eigenvalue weighted by Crippen LogP contribution is 2.29. The maximum absolute atomic E-state index is 14.9. The topological polar surface area (TPSA) is 160 Å². The summed E-state index contributed by atoms with van der Waals surface area (Å²) < 4.78 is 26.3. The minimum Gasteiger partial charge on any atom is -0.457 e. The van der Waals surface area contributed by atoms with Gasteiger partial charge in [0.15, 0.2) is 6.17 Å². The van der Waals surface area contributed by atoms with Crippen LogP contribution in [0, 0.1) is 11.3 Å². The monoisotopic (exact) mass is 579 g/mol. The van der Waals surface area contributed by atoms with Crippen LogP contribution in [0.25, 0.3) is 16.9 Å². The van der Waals surface area contributed by atoms with E-state index in [1.165, 1.54) is 40.3 Å². The molecule has 2 amide bonds. The molecule has 3 aromatic rings. The number of amides is 2. The fourth-order valence-corrected chi connectivity index (χ4v) is 4.94. The predicted molar refractivity (Wildman–Crippen MR) is 151 cm³/mol. The number of nitriles is 1. The van der Waals surface area contributed by atoms with Crippen LogP contribution < -0.4 is 16.0 Å². The molecule has 3 aromatic heterocycles. The number of fused-ring (bicyclic) bond motifs is 1. The lowest BCUT2D eigenvalue weighted by atomic mass is 9.91. The third kappa shape index (κ3) is 7.12. The van der Waals surface area contributed by atoms with E-state index in [1.807, 2.05) is 12.1 Å². The minimum atomic E-state index is -1.65. The smallest absolute Gasteiger partial charge is 0.407 e. The first-order chi connectivity index (χ1) is 20.0. The number of hydrogen-bond donors (Lipinski definition) is 3. The Morgan fingerprint density at radius 3 is 2.55 bits per heavy atom. The summed E-state index contributed by atoms with van der Waals surface area (Å²) in [6, 6.07) is 9.16. The molecule has 222 valence electrons. The van der Waals surface area contributed by atoms with Gasteiger partial charge >= 0.3 is 12.1 Å². The number of rotatable bonds is 9. The van der Waals surface area contributed by atoms with Gasteiger partial charge in [0.05, 0.1) is 53.6 Å². The summed E-state index contributed by atoms with van der Waals surface area (Å²) in [5, 5.41) is 22.4. The average Bonchev–Trinajstić information content (AvgIpc) is 3.39. The van der Waals surface area contributed by atoms with E-state index in [9.17, 15) is 24.0 Å². The highest BCUT2D eigenvalue weighted by atomic mass is 19.1. The molecule has 0 bridgehead atoms. The molecule has 0 spiro atoms. The van der Waals surface area contributed by atoms with Gasteiger partial charge in [-0.2, -0.15) is 10.4 Å². The quantitative estimate of drug-likeness (QED) is 0.321. The molecule has 1 saturated carbocycles. The van der Waals surface area contributed by atoms with Crippen LogP contribution >= 0.6 is 0 Å². The third-order valence-electron chi connectivity index (χ3n) is 7.24. The van der Waals surface area contributed by atoms with Crippen molar-refractivity contribution in [2.75, 3.05) is 19.0 Å². The van der Waals surface area contributed by atoms with E-state index < -0.39 is 29.7 Å². The molecule has 0 unspecified atom stereocenters. The van der Waals surface area contributed by atoms with Crippen molar-refractivity contribution >= 4 is 29.2 Å². The van der Waals surface area contributed by atoms with Crippen LogP contribution in [0.1, 0.15) is 62.4 Å². The van der Waals surface area contributed by atoms with Crippen LogP contribution in [-0.2, 0) is 14.3 Å². The zero-order valence-corrected chi connectivity index (χ0v) is 23.9. The highest BCUT2D eigenvalue weighted by molar-refractivity contribution is 6.00. The number of hydrogen-bond acceptors (Lipinski definition) is 9. The number of anilines is 1. The minimum absolute atomic E-state index is 0.000285. The number of aromatic nitrogens is 3. The number of esters is 1. The zero-order valence-electron chi connectivity index (χ0n) is 23.9. The second kappa shape index (κ2) is 12.8. The van der Waals surface area contributed by atoms with E-state index in [4.69, 9.17) is 9.47 Å². The van der Waals surface area contributed by atoms with Crippen LogP contribution in [0.2, 0.25) is 0 Å². The average molecular weight is 580 g/mol. The van der Waals surface area contributed by atoms with Crippen molar-refractivity contribution in [2.45, 2.75) is 70.3 Å². The molecule has 0 aliphatic heterocycles. The lowest BCUT2D eigenvalue weighted by molar-refractivity contribution is -0.159. The van der Waals surface area contributed by atoms with Gasteiger partial charge in [0, 0.05) is 25.2 Å². The van der Waals surface area contributed by atoms with E-state index in [2.05, 4.69) is 32.1 Å². The van der Waals surface area contributed by atoms with Crippen molar-refractivity contribution in [1.29, 1.82) is 5.26 Å². The van der Waals surface area contributed by atoms with E-state index in [-0.39, 0.29) is 24.2 Å². The molecule has 0 radical (unpaired) electrons. The standard InChI is InChI=1S/C29H34FN7O5/c1-17(38)42-29(2,3)26(30)16-33-27(39)22-15-32-24(25-10-9-21-11-18(13-31)14-34-37(21)25)12-23(22)35-19-5-7-20(8-6-19)36-28(40)41-4/h9-12,14-15,19-20,26H,5-8,16H2,1-4H3,(H,32,35)(H,33,39)(H,36,40)/t19?,20?,26-/m1/s1. The fraction of sp³-hybridized carbons (Fsp3) is 0.448. The summed E-state index contributed by atoms with van der Waals surface area (Å²) in [6.07, 6.45) is 3.65. The number of nitrogens with one attached hydrogen (secondary N) is 3. The van der Waals surface area contributed by atoms with Crippen LogP contribution in [0.5, 0.6) is 0 Å². The van der Waals surface area contributed by atoms with Crippen molar-refractivity contribution in [2.24, 2.45) is 0 Å². The summed E-state index contributed by atoms with van der Waals surface area (Å²) >= 11 is 0. The van der Waals surface area contributed by atoms with Crippen molar-refractivity contribution in [1.82, 2.24) is 25.2 Å². The van der Waals surface area contributed by atoms with Crippen molar-refractivity contribution in [3.8, 4) is 17.5 Å². The van der Waals surface area contributed by atoms with Crippen LogP contribution in [0.3, 0.4) is 0 Å². The predicted octanol–water partition coefficient (Wildman–Crippen LogP) is 3.76. The molecule has 3 N–H and O–H groups in total. The van der Waals surface area contributed by atoms with Crippen LogP contribution in [0.4, 0.5) is 14.9 Å². The zero-order chi connectivity index (χ0) is 30.4. The van der Waals surface area contributed by atoms with E-state index in [0.29, 0.717) is 28.2 Å². The van der Waals surface area contributed by atoms with Gasteiger partial charge in [0.2, 0.25) is 0 Å². The SMILES string of the molecule is COC(=O)NC1CCC(Nc2cc(-c3ccc4cc(C#N)cnn34)ncc2C(=O)NC[C@@H](F)C(C)(C)OC(C)=O)CC1. The first-order valence-electron chi connectivity index (χ1n) is 13.6. The largest absolute Gasteiger partial charge is 0.457 e. The van der Waals surface area contributed by atoms with Crippen molar-refractivity contribution < 1.29 is 28.2 Å². The van der Waals surface area contributed by atoms with Gasteiger partial charge in [-0.1, -0.05) is 0 Å². The number of alkyl halides is 1. The number of alkyl carbamates (subject to hydrolysis) is 1. The molecule has 12 nitrogen and oxygen atoms in total. The lowest BCUT2D eigenvalue weighted by Gasteiger charge is -2.30. The third-order valence-corrected chi connectivity index (χ3v) is 7.24. The second-order valence-corrected chi connectivity index (χ2v) is 10.7. The molecule has 1 fully saturated rings. The molecule has 3 heterocycles. The van der Waals surface area contributed by atoms with Gasteiger partial charge in [-0.3, -0.25) is 14.6 Å². The number of pyridine rings is 1. The molecule has 42 heavy (non-hydrogen) atoms. The van der Waals surface area contributed by atoms with Crippen LogP contribution in [0.15, 0.2) is 36.7 Å². The molecule has 1 aliphatic carbocycles. The Hall–Kier alpha value is -4.73. The van der Waals surface area contributed by atoms with Gasteiger partial charge in [0.1, 0.15) is 11.7 Å². The molecule has 1 aliphatic rings. The Morgan fingerprint density at radius 1 is 1.17 bits per heavy atom. The molecular weight excluding hydrogens is 545 g/mol. The Labute approximate surface area is 242 Å². The normalized spacial score (nSPS) is 17.5. The maximum Gasteiger partial charge on any atom is 0.407 e. The number of nitrogens with zero attached hydrogens (tertiary/aromatic N) is 4. The summed E-state index contributed by atoms with van der Waals surface area (Å²) in [5.74, 6) is -1.16. The van der Waals surface area contributed by atoms with Crippen molar-refractivity contribution in [3.05, 3.63) is 47.8 Å². The number of methoxy groups -OCH3 is 1.